The fourth-order valence-corrected chi connectivity index (χ4v) is 4.55. The zero-order valence-corrected chi connectivity index (χ0v) is 16.0. The van der Waals surface area contributed by atoms with Gasteiger partial charge in [0, 0.05) is 38.4 Å². The first kappa shape index (κ1) is 19.0. The highest BCUT2D eigenvalue weighted by molar-refractivity contribution is 7.88. The molecule has 0 radical (unpaired) electrons. The van der Waals surface area contributed by atoms with Crippen molar-refractivity contribution >= 4 is 21.8 Å². The molecule has 26 heavy (non-hydrogen) atoms. The van der Waals surface area contributed by atoms with Gasteiger partial charge in [0.2, 0.25) is 10.0 Å². The lowest BCUT2D eigenvalue weighted by Crippen LogP contribution is -2.37. The van der Waals surface area contributed by atoms with Crippen LogP contribution in [0.25, 0.3) is 0 Å². The molecule has 0 spiro atoms. The van der Waals surface area contributed by atoms with Gasteiger partial charge in [-0.15, -0.1) is 0 Å². The summed E-state index contributed by atoms with van der Waals surface area (Å²) in [6.45, 7) is 3.13. The van der Waals surface area contributed by atoms with Gasteiger partial charge in [0.15, 0.2) is 0 Å². The molecule has 2 aliphatic heterocycles. The Hall–Kier alpha value is -1.80. The molecule has 0 aromatic heterocycles. The van der Waals surface area contributed by atoms with Gasteiger partial charge in [-0.25, -0.2) is 13.2 Å². The van der Waals surface area contributed by atoms with Crippen LogP contribution in [0, 0.1) is 5.92 Å². The number of carboxylic acid groups (broad SMARTS) is 1. The zero-order valence-electron chi connectivity index (χ0n) is 15.1. The summed E-state index contributed by atoms with van der Waals surface area (Å²) in [6, 6.07) is 6.15. The molecule has 0 unspecified atom stereocenters. The molecule has 0 saturated carbocycles. The third kappa shape index (κ3) is 4.67. The quantitative estimate of drug-likeness (QED) is 0.816. The number of amides is 1. The van der Waals surface area contributed by atoms with Crippen LogP contribution in [0.3, 0.4) is 0 Å². The van der Waals surface area contributed by atoms with E-state index in [0.717, 1.165) is 43.5 Å². The number of piperidine rings is 1. The van der Waals surface area contributed by atoms with Crippen molar-refractivity contribution in [1.29, 1.82) is 0 Å². The predicted molar refractivity (Wildman–Crippen MR) is 101 cm³/mol. The van der Waals surface area contributed by atoms with E-state index < -0.39 is 16.1 Å². The normalized spacial score (nSPS) is 19.2. The van der Waals surface area contributed by atoms with Crippen LogP contribution in [-0.4, -0.2) is 61.3 Å². The number of nitrogens with zero attached hydrogens (tertiary/aromatic N) is 2. The molecule has 8 heteroatoms. The lowest BCUT2D eigenvalue weighted by atomic mass is 9.93. The molecule has 144 valence electrons. The fraction of sp³-hybridized carbons (Fsp3) is 0.611. The van der Waals surface area contributed by atoms with Crippen LogP contribution in [0.4, 0.5) is 10.5 Å². The molecule has 1 aromatic carbocycles. The lowest BCUT2D eigenvalue weighted by Gasteiger charge is -2.30. The molecule has 0 atom stereocenters. The van der Waals surface area contributed by atoms with Gasteiger partial charge in [-0.1, -0.05) is 6.07 Å². The van der Waals surface area contributed by atoms with E-state index in [1.165, 1.54) is 21.0 Å². The molecule has 2 heterocycles. The standard InChI is InChI=1S/C18H27N3O4S/c1-26(24,25)21-11-7-15-12-17(3-2-16(15)13-21)19-8-4-14-5-9-20(10-6-14)18(22)23/h2-3,12,14,19H,4-11,13H2,1H3,(H,22,23). The first-order valence-electron chi connectivity index (χ1n) is 9.11. The molecule has 3 rings (SSSR count). The van der Waals surface area contributed by atoms with Gasteiger partial charge in [0.1, 0.15) is 0 Å². The van der Waals surface area contributed by atoms with Crippen molar-refractivity contribution in [1.82, 2.24) is 9.21 Å². The second-order valence-electron chi connectivity index (χ2n) is 7.26. The van der Waals surface area contributed by atoms with Crippen molar-refractivity contribution in [3.8, 4) is 0 Å². The smallest absolute Gasteiger partial charge is 0.407 e. The van der Waals surface area contributed by atoms with E-state index in [1.807, 2.05) is 12.1 Å². The van der Waals surface area contributed by atoms with Crippen LogP contribution in [0.2, 0.25) is 0 Å². The Morgan fingerprint density at radius 3 is 2.62 bits per heavy atom. The number of sulfonamides is 1. The van der Waals surface area contributed by atoms with Crippen molar-refractivity contribution in [2.45, 2.75) is 32.2 Å². The van der Waals surface area contributed by atoms with E-state index >= 15 is 0 Å². The van der Waals surface area contributed by atoms with E-state index in [4.69, 9.17) is 5.11 Å². The largest absolute Gasteiger partial charge is 0.465 e. The lowest BCUT2D eigenvalue weighted by molar-refractivity contribution is 0.123. The second kappa shape index (κ2) is 7.84. The average Bonchev–Trinajstić information content (AvgIpc) is 2.61. The Bertz CT molecular complexity index is 758. The van der Waals surface area contributed by atoms with Crippen molar-refractivity contribution < 1.29 is 18.3 Å². The van der Waals surface area contributed by atoms with Gasteiger partial charge in [0.05, 0.1) is 6.26 Å². The molecule has 7 nitrogen and oxygen atoms in total. The summed E-state index contributed by atoms with van der Waals surface area (Å²) in [6.07, 6.45) is 4.08. The first-order chi connectivity index (χ1) is 12.3. The first-order valence-corrected chi connectivity index (χ1v) is 11.0. The molecule has 2 N–H and O–H groups in total. The minimum Gasteiger partial charge on any atom is -0.465 e. The van der Waals surface area contributed by atoms with Crippen molar-refractivity contribution in [2.24, 2.45) is 5.92 Å². The topological polar surface area (TPSA) is 90.0 Å². The number of carbonyl (C=O) groups is 1. The highest BCUT2D eigenvalue weighted by Crippen LogP contribution is 2.25. The summed E-state index contributed by atoms with van der Waals surface area (Å²) >= 11 is 0. The number of rotatable bonds is 5. The van der Waals surface area contributed by atoms with E-state index in [-0.39, 0.29) is 0 Å². The van der Waals surface area contributed by atoms with Crippen LogP contribution >= 0.6 is 0 Å². The Balaban J connectivity index is 1.48. The molecule has 0 aliphatic carbocycles. The van der Waals surface area contributed by atoms with Crippen LogP contribution in [0.1, 0.15) is 30.4 Å². The van der Waals surface area contributed by atoms with E-state index in [2.05, 4.69) is 11.4 Å². The number of hydrogen-bond acceptors (Lipinski definition) is 4. The average molecular weight is 381 g/mol. The van der Waals surface area contributed by atoms with Crippen LogP contribution < -0.4 is 5.32 Å². The van der Waals surface area contributed by atoms with Crippen molar-refractivity contribution in [3.05, 3.63) is 29.3 Å². The minimum atomic E-state index is -3.14. The molecule has 0 bridgehead atoms. The summed E-state index contributed by atoms with van der Waals surface area (Å²) in [5.41, 5.74) is 3.36. The minimum absolute atomic E-state index is 0.455. The molecular formula is C18H27N3O4S. The monoisotopic (exact) mass is 381 g/mol. The van der Waals surface area contributed by atoms with Crippen molar-refractivity contribution in [3.63, 3.8) is 0 Å². The maximum Gasteiger partial charge on any atom is 0.407 e. The van der Waals surface area contributed by atoms with Crippen LogP contribution in [0.15, 0.2) is 18.2 Å². The van der Waals surface area contributed by atoms with Gasteiger partial charge in [0.25, 0.3) is 0 Å². The highest BCUT2D eigenvalue weighted by Gasteiger charge is 2.24. The van der Waals surface area contributed by atoms with Gasteiger partial charge < -0.3 is 15.3 Å². The predicted octanol–water partition coefficient (Wildman–Crippen LogP) is 2.20. The summed E-state index contributed by atoms with van der Waals surface area (Å²) in [5.74, 6) is 0.569. The Morgan fingerprint density at radius 2 is 1.96 bits per heavy atom. The molecule has 2 aliphatic rings. The van der Waals surface area contributed by atoms with E-state index in [1.54, 1.807) is 0 Å². The SMILES string of the molecule is CS(=O)(=O)N1CCc2cc(NCCC3CCN(C(=O)O)CC3)ccc2C1. The molecular weight excluding hydrogens is 354 g/mol. The van der Waals surface area contributed by atoms with Crippen molar-refractivity contribution in [2.75, 3.05) is 37.8 Å². The summed E-state index contributed by atoms with van der Waals surface area (Å²) in [5, 5.41) is 12.4. The summed E-state index contributed by atoms with van der Waals surface area (Å²) in [4.78, 5) is 12.4. The highest BCUT2D eigenvalue weighted by atomic mass is 32.2. The molecule has 1 fully saturated rings. The van der Waals surface area contributed by atoms with Gasteiger partial charge in [-0.05, 0) is 54.9 Å². The third-order valence-corrected chi connectivity index (χ3v) is 6.67. The maximum atomic E-state index is 11.7. The number of benzene rings is 1. The molecule has 1 aromatic rings. The Kier molecular flexibility index (Phi) is 5.72. The summed E-state index contributed by atoms with van der Waals surface area (Å²) in [7, 11) is -3.14. The molecule has 1 saturated heterocycles. The van der Waals surface area contributed by atoms with E-state index in [0.29, 0.717) is 32.1 Å². The fourth-order valence-electron chi connectivity index (χ4n) is 3.75. The van der Waals surface area contributed by atoms with Crippen LogP contribution in [0.5, 0.6) is 0 Å². The van der Waals surface area contributed by atoms with Gasteiger partial charge >= 0.3 is 6.09 Å². The second-order valence-corrected chi connectivity index (χ2v) is 9.24. The van der Waals surface area contributed by atoms with Crippen LogP contribution in [-0.2, 0) is 23.0 Å². The number of hydrogen-bond donors (Lipinski definition) is 2. The molecule has 1 amide bonds. The summed E-state index contributed by atoms with van der Waals surface area (Å²) < 4.78 is 24.9. The number of fused-ring (bicyclic) bond motifs is 1. The number of anilines is 1. The van der Waals surface area contributed by atoms with E-state index in [9.17, 15) is 13.2 Å². The zero-order chi connectivity index (χ0) is 18.7. The van der Waals surface area contributed by atoms with Gasteiger partial charge in [-0.3, -0.25) is 0 Å². The van der Waals surface area contributed by atoms with Gasteiger partial charge in [-0.2, -0.15) is 4.31 Å². The Labute approximate surface area is 155 Å². The number of likely N-dealkylation sites (tertiary alicyclic amines) is 1. The third-order valence-electron chi connectivity index (χ3n) is 5.42. The maximum absolute atomic E-state index is 11.7. The number of nitrogens with one attached hydrogen (secondary N) is 1. The Morgan fingerprint density at radius 1 is 1.23 bits per heavy atom.